The van der Waals surface area contributed by atoms with Gasteiger partial charge in [0.15, 0.2) is 5.78 Å². The van der Waals surface area contributed by atoms with Crippen LogP contribution in [-0.2, 0) is 11.2 Å². The fourth-order valence-corrected chi connectivity index (χ4v) is 4.37. The predicted molar refractivity (Wildman–Crippen MR) is 109 cm³/mol. The molecule has 2 aromatic heterocycles. The summed E-state index contributed by atoms with van der Waals surface area (Å²) >= 11 is 1.54. The molecular weight excluding hydrogens is 370 g/mol. The van der Waals surface area contributed by atoms with E-state index in [9.17, 15) is 9.59 Å². The van der Waals surface area contributed by atoms with Crippen molar-refractivity contribution in [3.05, 3.63) is 71.4 Å². The zero-order valence-corrected chi connectivity index (χ0v) is 16.3. The van der Waals surface area contributed by atoms with Gasteiger partial charge in [0.1, 0.15) is 5.01 Å². The summed E-state index contributed by atoms with van der Waals surface area (Å²) in [7, 11) is 0. The van der Waals surface area contributed by atoms with Gasteiger partial charge in [0.05, 0.1) is 17.4 Å². The van der Waals surface area contributed by atoms with Crippen molar-refractivity contribution in [1.29, 1.82) is 0 Å². The van der Waals surface area contributed by atoms with Crippen molar-refractivity contribution >= 4 is 23.0 Å². The second kappa shape index (κ2) is 8.44. The summed E-state index contributed by atoms with van der Waals surface area (Å²) in [5, 5.41) is 2.84. The SMILES string of the molecule is O=C(c1ccccc1)C1CCCN1C(=O)CCc1csc(-c2ccccn2)n1. The summed E-state index contributed by atoms with van der Waals surface area (Å²) in [5.74, 6) is 0.0664. The Kier molecular flexibility index (Phi) is 5.58. The van der Waals surface area contributed by atoms with E-state index in [0.29, 0.717) is 24.9 Å². The van der Waals surface area contributed by atoms with Crippen molar-refractivity contribution in [3.63, 3.8) is 0 Å². The molecule has 0 aliphatic carbocycles. The van der Waals surface area contributed by atoms with E-state index in [1.807, 2.05) is 53.9 Å². The average molecular weight is 391 g/mol. The Morgan fingerprint density at radius 1 is 1.11 bits per heavy atom. The first-order valence-electron chi connectivity index (χ1n) is 9.47. The van der Waals surface area contributed by atoms with Crippen LogP contribution in [0.25, 0.3) is 10.7 Å². The van der Waals surface area contributed by atoms with Gasteiger partial charge in [0.25, 0.3) is 0 Å². The van der Waals surface area contributed by atoms with Gasteiger partial charge in [-0.2, -0.15) is 0 Å². The lowest BCUT2D eigenvalue weighted by molar-refractivity contribution is -0.131. The third-order valence-electron chi connectivity index (χ3n) is 4.96. The Hall–Kier alpha value is -2.86. The van der Waals surface area contributed by atoms with Gasteiger partial charge in [0.2, 0.25) is 5.91 Å². The van der Waals surface area contributed by atoms with Gasteiger partial charge >= 0.3 is 0 Å². The number of amides is 1. The van der Waals surface area contributed by atoms with E-state index in [1.54, 1.807) is 11.1 Å². The number of Topliss-reactive ketones (excluding diaryl/α,β-unsaturated/α-hetero) is 1. The van der Waals surface area contributed by atoms with E-state index < -0.39 is 0 Å². The number of aromatic nitrogens is 2. The summed E-state index contributed by atoms with van der Waals surface area (Å²) in [6, 6.07) is 14.6. The fourth-order valence-electron chi connectivity index (χ4n) is 3.54. The first kappa shape index (κ1) is 18.5. The van der Waals surface area contributed by atoms with Crippen LogP contribution in [0.4, 0.5) is 0 Å². The number of carbonyl (C=O) groups excluding carboxylic acids is 2. The van der Waals surface area contributed by atoms with Gasteiger partial charge in [-0.05, 0) is 31.4 Å². The molecule has 1 unspecified atom stereocenters. The molecule has 28 heavy (non-hydrogen) atoms. The number of rotatable bonds is 6. The van der Waals surface area contributed by atoms with E-state index in [4.69, 9.17) is 0 Å². The molecule has 3 heterocycles. The molecule has 1 fully saturated rings. The highest BCUT2D eigenvalue weighted by Gasteiger charge is 2.34. The maximum atomic E-state index is 12.8. The largest absolute Gasteiger partial charge is 0.332 e. The molecule has 0 spiro atoms. The van der Waals surface area contributed by atoms with Crippen LogP contribution in [0.2, 0.25) is 0 Å². The number of hydrogen-bond acceptors (Lipinski definition) is 5. The molecule has 1 saturated heterocycles. The van der Waals surface area contributed by atoms with Crippen LogP contribution in [0.3, 0.4) is 0 Å². The number of thiazole rings is 1. The van der Waals surface area contributed by atoms with Gasteiger partial charge < -0.3 is 4.90 Å². The molecule has 1 aliphatic heterocycles. The molecule has 6 heteroatoms. The standard InChI is InChI=1S/C22H21N3O2S/c26-20(12-11-17-15-28-22(24-17)18-9-4-5-13-23-18)25-14-6-10-19(25)21(27)16-7-2-1-3-8-16/h1-5,7-9,13,15,19H,6,10-12,14H2. The van der Waals surface area contributed by atoms with Gasteiger partial charge in [-0.1, -0.05) is 36.4 Å². The number of benzene rings is 1. The van der Waals surface area contributed by atoms with E-state index in [1.165, 1.54) is 11.3 Å². The van der Waals surface area contributed by atoms with E-state index >= 15 is 0 Å². The third-order valence-corrected chi connectivity index (χ3v) is 5.88. The third kappa shape index (κ3) is 4.02. The number of nitrogens with zero attached hydrogens (tertiary/aromatic N) is 3. The van der Waals surface area contributed by atoms with Crippen LogP contribution >= 0.6 is 11.3 Å². The molecule has 0 saturated carbocycles. The van der Waals surface area contributed by atoms with Crippen LogP contribution in [0.5, 0.6) is 0 Å². The van der Waals surface area contributed by atoms with Crippen molar-refractivity contribution in [3.8, 4) is 10.7 Å². The molecule has 3 aromatic rings. The van der Waals surface area contributed by atoms with Crippen LogP contribution in [0, 0.1) is 0 Å². The second-order valence-corrected chi connectivity index (χ2v) is 7.69. The van der Waals surface area contributed by atoms with Crippen molar-refractivity contribution < 1.29 is 9.59 Å². The Bertz CT molecular complexity index is 956. The van der Waals surface area contributed by atoms with Crippen molar-refractivity contribution in [1.82, 2.24) is 14.9 Å². The van der Waals surface area contributed by atoms with Crippen molar-refractivity contribution in [2.75, 3.05) is 6.54 Å². The molecule has 5 nitrogen and oxygen atoms in total. The number of ketones is 1. The van der Waals surface area contributed by atoms with E-state index in [0.717, 1.165) is 29.2 Å². The van der Waals surface area contributed by atoms with Gasteiger partial charge in [-0.15, -0.1) is 11.3 Å². The Balaban J connectivity index is 1.38. The molecule has 1 atom stereocenters. The lowest BCUT2D eigenvalue weighted by Gasteiger charge is -2.23. The molecular formula is C22H21N3O2S. The minimum absolute atomic E-state index is 0.0270. The minimum Gasteiger partial charge on any atom is -0.332 e. The van der Waals surface area contributed by atoms with E-state index in [2.05, 4.69) is 9.97 Å². The highest BCUT2D eigenvalue weighted by molar-refractivity contribution is 7.13. The van der Waals surface area contributed by atoms with Gasteiger partial charge in [-0.3, -0.25) is 14.6 Å². The second-order valence-electron chi connectivity index (χ2n) is 6.83. The van der Waals surface area contributed by atoms with Crippen molar-refractivity contribution in [2.24, 2.45) is 0 Å². The number of hydrogen-bond donors (Lipinski definition) is 0. The van der Waals surface area contributed by atoms with Crippen LogP contribution in [-0.4, -0.2) is 39.1 Å². The molecule has 1 amide bonds. The summed E-state index contributed by atoms with van der Waals surface area (Å²) < 4.78 is 0. The molecule has 4 rings (SSSR count). The van der Waals surface area contributed by atoms with Crippen LogP contribution in [0.1, 0.15) is 35.3 Å². The highest BCUT2D eigenvalue weighted by Crippen LogP contribution is 2.24. The first-order valence-corrected chi connectivity index (χ1v) is 10.3. The molecule has 142 valence electrons. The molecule has 1 aliphatic rings. The van der Waals surface area contributed by atoms with E-state index in [-0.39, 0.29) is 17.7 Å². The Morgan fingerprint density at radius 2 is 1.93 bits per heavy atom. The fraction of sp³-hybridized carbons (Fsp3) is 0.273. The number of carbonyl (C=O) groups is 2. The number of likely N-dealkylation sites (tertiary alicyclic amines) is 1. The van der Waals surface area contributed by atoms with Gasteiger partial charge in [0, 0.05) is 30.1 Å². The van der Waals surface area contributed by atoms with Crippen LogP contribution < -0.4 is 0 Å². The summed E-state index contributed by atoms with van der Waals surface area (Å²) in [6.07, 6.45) is 4.29. The summed E-state index contributed by atoms with van der Waals surface area (Å²) in [6.45, 7) is 0.651. The van der Waals surface area contributed by atoms with Crippen molar-refractivity contribution in [2.45, 2.75) is 31.7 Å². The highest BCUT2D eigenvalue weighted by atomic mass is 32.1. The maximum Gasteiger partial charge on any atom is 0.223 e. The predicted octanol–water partition coefficient (Wildman–Crippen LogP) is 4.01. The summed E-state index contributed by atoms with van der Waals surface area (Å²) in [5.41, 5.74) is 2.41. The Morgan fingerprint density at radius 3 is 2.71 bits per heavy atom. The Labute approximate surface area is 168 Å². The van der Waals surface area contributed by atoms with Crippen LogP contribution in [0.15, 0.2) is 60.1 Å². The number of pyridine rings is 1. The first-order chi connectivity index (χ1) is 13.7. The average Bonchev–Trinajstić information content (AvgIpc) is 3.43. The lowest BCUT2D eigenvalue weighted by atomic mass is 10.0. The smallest absolute Gasteiger partial charge is 0.223 e. The zero-order chi connectivity index (χ0) is 19.3. The minimum atomic E-state index is -0.339. The number of aryl methyl sites for hydroxylation is 1. The molecule has 0 radical (unpaired) electrons. The molecule has 0 bridgehead atoms. The maximum absolute atomic E-state index is 12.8. The summed E-state index contributed by atoms with van der Waals surface area (Å²) in [4.78, 5) is 36.2. The quantitative estimate of drug-likeness (QED) is 0.596. The molecule has 0 N–H and O–H groups in total. The normalized spacial score (nSPS) is 16.3. The monoisotopic (exact) mass is 391 g/mol. The van der Waals surface area contributed by atoms with Gasteiger partial charge in [-0.25, -0.2) is 4.98 Å². The molecule has 1 aromatic carbocycles. The lowest BCUT2D eigenvalue weighted by Crippen LogP contribution is -2.40. The zero-order valence-electron chi connectivity index (χ0n) is 15.5. The topological polar surface area (TPSA) is 63.2 Å².